The highest BCUT2D eigenvalue weighted by molar-refractivity contribution is 8.66. The van der Waals surface area contributed by atoms with Gasteiger partial charge in [-0.15, -0.1) is 0 Å². The lowest BCUT2D eigenvalue weighted by Crippen LogP contribution is -2.19. The van der Waals surface area contributed by atoms with E-state index in [1.54, 1.807) is 14.1 Å². The van der Waals surface area contributed by atoms with E-state index in [4.69, 9.17) is 0 Å². The van der Waals surface area contributed by atoms with Gasteiger partial charge in [-0.25, -0.2) is 4.79 Å². The van der Waals surface area contributed by atoms with Crippen molar-refractivity contribution in [3.05, 3.63) is 0 Å². The number of rotatable bonds is 1. The number of carbonyl (C=O) groups excluding carboxylic acids is 1. The fourth-order valence-corrected chi connectivity index (χ4v) is 0.486. The summed E-state index contributed by atoms with van der Waals surface area (Å²) in [4.78, 5) is 11.7. The first-order valence-electron chi connectivity index (χ1n) is 1.86. The third-order valence-electron chi connectivity index (χ3n) is 0.470. The van der Waals surface area contributed by atoms with Crippen molar-refractivity contribution in [3.63, 3.8) is 0 Å². The van der Waals surface area contributed by atoms with E-state index >= 15 is 0 Å². The lowest BCUT2D eigenvalue weighted by Gasteiger charge is -2.05. The molecule has 1 amide bonds. The molecule has 8 heavy (non-hydrogen) atoms. The summed E-state index contributed by atoms with van der Waals surface area (Å²) in [6.45, 7) is 0. The third kappa shape index (κ3) is 3.04. The van der Waals surface area contributed by atoms with Crippen molar-refractivity contribution in [2.75, 3.05) is 14.1 Å². The van der Waals surface area contributed by atoms with Crippen molar-refractivity contribution in [2.45, 2.75) is 0 Å². The summed E-state index contributed by atoms with van der Waals surface area (Å²) >= 11 is 4.92. The number of hydrogen-bond donors (Lipinski definition) is 0. The van der Waals surface area contributed by atoms with Crippen LogP contribution in [0.15, 0.2) is 0 Å². The van der Waals surface area contributed by atoms with Gasteiger partial charge in [-0.05, 0) is 0 Å². The molecule has 0 spiro atoms. The van der Waals surface area contributed by atoms with Gasteiger partial charge in [0, 0.05) is 25.8 Å². The Labute approximate surface area is 57.4 Å². The Morgan fingerprint density at radius 3 is 2.38 bits per heavy atom. The van der Waals surface area contributed by atoms with Gasteiger partial charge < -0.3 is 9.08 Å². The predicted octanol–water partition coefficient (Wildman–Crippen LogP) is 1.45. The monoisotopic (exact) mass is 152 g/mol. The first kappa shape index (κ1) is 7.97. The van der Waals surface area contributed by atoms with Crippen LogP contribution in [-0.2, 0) is 4.18 Å². The van der Waals surface area contributed by atoms with Crippen LogP contribution in [-0.4, -0.2) is 25.1 Å². The highest BCUT2D eigenvalue weighted by Crippen LogP contribution is 2.07. The Hall–Kier alpha value is -0.0300. The minimum Gasteiger partial charge on any atom is -0.362 e. The van der Waals surface area contributed by atoms with E-state index in [0.29, 0.717) is 11.1 Å². The highest BCUT2D eigenvalue weighted by atomic mass is 33.1. The molecule has 0 unspecified atom stereocenters. The molecule has 0 saturated heterocycles. The molecular weight excluding hydrogens is 146 g/mol. The molecule has 47 valence electrons. The van der Waals surface area contributed by atoms with E-state index in [2.05, 4.69) is 15.8 Å². The maximum atomic E-state index is 10.4. The van der Waals surface area contributed by atoms with Crippen molar-refractivity contribution in [1.82, 2.24) is 4.90 Å². The summed E-state index contributed by atoms with van der Waals surface area (Å²) in [5.41, 5.74) is 0. The van der Waals surface area contributed by atoms with E-state index in [9.17, 15) is 4.79 Å². The van der Waals surface area contributed by atoms with Crippen LogP contribution in [0.1, 0.15) is 0 Å². The maximum Gasteiger partial charge on any atom is 0.422 e. The Bertz CT molecular complexity index is 85.4. The van der Waals surface area contributed by atoms with Crippen LogP contribution < -0.4 is 0 Å². The quantitative estimate of drug-likeness (QED) is 0.420. The molecular formula is C3H6NO2S2. The number of amides is 1. The zero-order valence-electron chi connectivity index (χ0n) is 4.58. The van der Waals surface area contributed by atoms with Gasteiger partial charge in [-0.1, -0.05) is 0 Å². The van der Waals surface area contributed by atoms with Gasteiger partial charge in [0.1, 0.15) is 11.1 Å². The topological polar surface area (TPSA) is 29.5 Å². The number of carbonyl (C=O) groups is 1. The Balaban J connectivity index is 3.33. The van der Waals surface area contributed by atoms with Gasteiger partial charge in [0.15, 0.2) is 0 Å². The van der Waals surface area contributed by atoms with Crippen LogP contribution in [0.2, 0.25) is 0 Å². The van der Waals surface area contributed by atoms with Gasteiger partial charge >= 0.3 is 6.09 Å². The molecule has 0 fully saturated rings. The molecule has 5 heteroatoms. The zero-order valence-corrected chi connectivity index (χ0v) is 6.21. The second kappa shape index (κ2) is 3.91. The second-order valence-corrected chi connectivity index (χ2v) is 2.02. The van der Waals surface area contributed by atoms with Crippen LogP contribution in [0, 0.1) is 0 Å². The minimum absolute atomic E-state index is 0.426. The summed E-state index contributed by atoms with van der Waals surface area (Å²) in [5, 5.41) is 0. The van der Waals surface area contributed by atoms with Crippen LogP contribution in [0.25, 0.3) is 0 Å². The van der Waals surface area contributed by atoms with E-state index in [1.165, 1.54) is 4.90 Å². The van der Waals surface area contributed by atoms with Crippen molar-refractivity contribution in [3.8, 4) is 0 Å². The number of nitrogens with zero attached hydrogens (tertiary/aromatic N) is 1. The lowest BCUT2D eigenvalue weighted by atomic mass is 10.9. The zero-order chi connectivity index (χ0) is 6.57. The lowest BCUT2D eigenvalue weighted by molar-refractivity contribution is 0.181. The second-order valence-electron chi connectivity index (χ2n) is 1.31. The molecule has 0 bridgehead atoms. The van der Waals surface area contributed by atoms with Crippen molar-refractivity contribution in [2.24, 2.45) is 0 Å². The fourth-order valence-electron chi connectivity index (χ4n) is 0.104. The first-order chi connectivity index (χ1) is 3.68. The van der Waals surface area contributed by atoms with E-state index in [0.717, 1.165) is 0 Å². The Morgan fingerprint density at radius 2 is 2.25 bits per heavy atom. The van der Waals surface area contributed by atoms with Crippen molar-refractivity contribution in [1.29, 1.82) is 0 Å². The van der Waals surface area contributed by atoms with Gasteiger partial charge in [0.05, 0.1) is 0 Å². The first-order valence-corrected chi connectivity index (χ1v) is 3.53. The molecule has 0 N–H and O–H groups in total. The Morgan fingerprint density at radius 1 is 1.75 bits per heavy atom. The molecule has 1 radical (unpaired) electrons. The summed E-state index contributed by atoms with van der Waals surface area (Å²) in [6, 6.07) is 0. The fraction of sp³-hybridized carbons (Fsp3) is 0.667. The van der Waals surface area contributed by atoms with Crippen LogP contribution in [0.4, 0.5) is 4.79 Å². The number of hydrogen-bond acceptors (Lipinski definition) is 3. The molecule has 0 aromatic carbocycles. The van der Waals surface area contributed by atoms with E-state index in [1.807, 2.05) is 0 Å². The molecule has 0 aliphatic rings. The molecule has 0 aliphatic carbocycles. The van der Waals surface area contributed by atoms with Gasteiger partial charge in [-0.3, -0.25) is 0 Å². The van der Waals surface area contributed by atoms with E-state index in [-0.39, 0.29) is 0 Å². The molecule has 0 atom stereocenters. The molecule has 3 nitrogen and oxygen atoms in total. The largest absolute Gasteiger partial charge is 0.422 e. The SMILES string of the molecule is CN(C)C(=O)OS[S]. The minimum atomic E-state index is -0.426. The predicted molar refractivity (Wildman–Crippen MR) is 35.4 cm³/mol. The maximum absolute atomic E-state index is 10.4. The van der Waals surface area contributed by atoms with Gasteiger partial charge in [0.2, 0.25) is 0 Å². The molecule has 0 heterocycles. The van der Waals surface area contributed by atoms with Crippen LogP contribution in [0.5, 0.6) is 0 Å². The average Bonchev–Trinajstić information content (AvgIpc) is 1.67. The summed E-state index contributed by atoms with van der Waals surface area (Å²) in [5.74, 6) is 0. The molecule has 0 saturated carbocycles. The Kier molecular flexibility index (Phi) is 3.90. The van der Waals surface area contributed by atoms with Crippen molar-refractivity contribution >= 4 is 28.8 Å². The summed E-state index contributed by atoms with van der Waals surface area (Å²) in [7, 11) is 3.18. The summed E-state index contributed by atoms with van der Waals surface area (Å²) < 4.78 is 4.32. The molecule has 0 aliphatic heterocycles. The van der Waals surface area contributed by atoms with E-state index < -0.39 is 6.09 Å². The highest BCUT2D eigenvalue weighted by Gasteiger charge is 2.01. The smallest absolute Gasteiger partial charge is 0.362 e. The normalized spacial score (nSPS) is 8.38. The van der Waals surface area contributed by atoms with Crippen LogP contribution in [0.3, 0.4) is 0 Å². The molecule has 0 aromatic heterocycles. The van der Waals surface area contributed by atoms with Crippen LogP contribution >= 0.6 is 22.7 Å². The third-order valence-corrected chi connectivity index (χ3v) is 0.885. The van der Waals surface area contributed by atoms with Gasteiger partial charge in [0.25, 0.3) is 0 Å². The molecule has 0 rings (SSSR count). The standard InChI is InChI=1S/C3H6NO2S2/c1-4(2)3(5)6-8-7/h1-2H3. The average molecular weight is 152 g/mol. The van der Waals surface area contributed by atoms with Crippen molar-refractivity contribution < 1.29 is 8.98 Å². The molecule has 0 aromatic rings. The summed E-state index contributed by atoms with van der Waals surface area (Å²) in [6.07, 6.45) is -0.426. The van der Waals surface area contributed by atoms with Gasteiger partial charge in [-0.2, -0.15) is 0 Å².